The molecule has 19 heavy (non-hydrogen) atoms. The summed E-state index contributed by atoms with van der Waals surface area (Å²) in [6, 6.07) is 5.57. The van der Waals surface area contributed by atoms with Gasteiger partial charge in [0.05, 0.1) is 6.42 Å². The van der Waals surface area contributed by atoms with Gasteiger partial charge in [0.2, 0.25) is 5.91 Å². The number of pyridine rings is 1. The molecular formula is C13H9BrF2N2O. The Morgan fingerprint density at radius 3 is 2.58 bits per heavy atom. The van der Waals surface area contributed by atoms with Crippen LogP contribution in [0.5, 0.6) is 0 Å². The van der Waals surface area contributed by atoms with Crippen molar-refractivity contribution < 1.29 is 13.6 Å². The number of carbonyl (C=O) groups is 1. The van der Waals surface area contributed by atoms with E-state index in [9.17, 15) is 13.6 Å². The minimum atomic E-state index is -0.827. The highest BCUT2D eigenvalue weighted by molar-refractivity contribution is 9.10. The average molecular weight is 327 g/mol. The number of hydrogen-bond donors (Lipinski definition) is 1. The Kier molecular flexibility index (Phi) is 4.21. The van der Waals surface area contributed by atoms with Crippen LogP contribution in [0.25, 0.3) is 0 Å². The third kappa shape index (κ3) is 3.57. The minimum Gasteiger partial charge on any atom is -0.321 e. The van der Waals surface area contributed by atoms with Gasteiger partial charge in [-0.15, -0.1) is 0 Å². The fourth-order valence-corrected chi connectivity index (χ4v) is 1.94. The number of rotatable bonds is 3. The van der Waals surface area contributed by atoms with Crippen molar-refractivity contribution in [2.24, 2.45) is 0 Å². The van der Waals surface area contributed by atoms with E-state index in [-0.39, 0.29) is 10.9 Å². The molecule has 0 saturated heterocycles. The van der Waals surface area contributed by atoms with Crippen LogP contribution in [0.15, 0.2) is 41.1 Å². The molecule has 2 aromatic rings. The van der Waals surface area contributed by atoms with Crippen molar-refractivity contribution >= 4 is 27.5 Å². The highest BCUT2D eigenvalue weighted by Gasteiger charge is 2.13. The van der Waals surface area contributed by atoms with E-state index in [1.54, 1.807) is 18.3 Å². The topological polar surface area (TPSA) is 42.0 Å². The molecule has 2 rings (SSSR count). The highest BCUT2D eigenvalue weighted by Crippen LogP contribution is 2.23. The summed E-state index contributed by atoms with van der Waals surface area (Å²) in [7, 11) is 0. The summed E-state index contributed by atoms with van der Waals surface area (Å²) >= 11 is 2.97. The average Bonchev–Trinajstić information content (AvgIpc) is 2.35. The molecule has 0 atom stereocenters. The second-order valence-corrected chi connectivity index (χ2v) is 4.75. The van der Waals surface area contributed by atoms with Gasteiger partial charge in [-0.25, -0.2) is 8.78 Å². The molecule has 0 spiro atoms. The summed E-state index contributed by atoms with van der Waals surface area (Å²) in [5.74, 6) is -2.16. The Morgan fingerprint density at radius 1 is 1.32 bits per heavy atom. The van der Waals surface area contributed by atoms with E-state index in [0.29, 0.717) is 5.56 Å². The first kappa shape index (κ1) is 13.6. The maximum atomic E-state index is 13.5. The zero-order valence-electron chi connectivity index (χ0n) is 9.66. The van der Waals surface area contributed by atoms with Crippen LogP contribution in [-0.4, -0.2) is 10.9 Å². The molecule has 0 aliphatic carbocycles. The molecule has 0 fully saturated rings. The molecule has 0 bridgehead atoms. The van der Waals surface area contributed by atoms with Crippen molar-refractivity contribution in [1.82, 2.24) is 4.98 Å². The molecule has 1 heterocycles. The molecular weight excluding hydrogens is 318 g/mol. The van der Waals surface area contributed by atoms with E-state index in [1.165, 1.54) is 6.20 Å². The lowest BCUT2D eigenvalue weighted by Crippen LogP contribution is -2.16. The van der Waals surface area contributed by atoms with Crippen molar-refractivity contribution in [2.75, 3.05) is 5.32 Å². The maximum Gasteiger partial charge on any atom is 0.229 e. The summed E-state index contributed by atoms with van der Waals surface area (Å²) in [6.45, 7) is 0. The third-order valence-corrected chi connectivity index (χ3v) is 2.82. The number of aromatic nitrogens is 1. The molecule has 1 N–H and O–H groups in total. The fraction of sp³-hybridized carbons (Fsp3) is 0.0769. The first-order valence-corrected chi connectivity index (χ1v) is 6.19. The number of anilines is 1. The van der Waals surface area contributed by atoms with Crippen molar-refractivity contribution in [3.8, 4) is 0 Å². The Morgan fingerprint density at radius 2 is 2.00 bits per heavy atom. The monoisotopic (exact) mass is 326 g/mol. The summed E-state index contributed by atoms with van der Waals surface area (Å²) in [6.07, 6.45) is 3.10. The van der Waals surface area contributed by atoms with Crippen molar-refractivity contribution in [3.63, 3.8) is 0 Å². The van der Waals surface area contributed by atoms with E-state index in [1.807, 2.05) is 0 Å². The largest absolute Gasteiger partial charge is 0.321 e. The Labute approximate surface area is 116 Å². The number of amides is 1. The zero-order chi connectivity index (χ0) is 13.8. The van der Waals surface area contributed by atoms with Gasteiger partial charge in [-0.2, -0.15) is 0 Å². The number of hydrogen-bond acceptors (Lipinski definition) is 2. The second-order valence-electron chi connectivity index (χ2n) is 3.83. The Bertz CT molecular complexity index is 582. The number of benzene rings is 1. The lowest BCUT2D eigenvalue weighted by atomic mass is 10.2. The third-order valence-electron chi connectivity index (χ3n) is 2.36. The minimum absolute atomic E-state index is 0.00276. The lowest BCUT2D eigenvalue weighted by molar-refractivity contribution is -0.115. The van der Waals surface area contributed by atoms with Crippen molar-refractivity contribution in [3.05, 3.63) is 58.3 Å². The molecule has 1 amide bonds. The van der Waals surface area contributed by atoms with Crippen LogP contribution < -0.4 is 5.32 Å². The van der Waals surface area contributed by atoms with E-state index in [2.05, 4.69) is 26.2 Å². The predicted molar refractivity (Wildman–Crippen MR) is 70.6 cm³/mol. The first-order valence-electron chi connectivity index (χ1n) is 5.39. The molecule has 3 nitrogen and oxygen atoms in total. The number of halogens is 3. The van der Waals surface area contributed by atoms with E-state index in [0.717, 1.165) is 12.1 Å². The van der Waals surface area contributed by atoms with Gasteiger partial charge in [-0.05, 0) is 23.8 Å². The predicted octanol–water partition coefficient (Wildman–Crippen LogP) is 3.30. The lowest BCUT2D eigenvalue weighted by Gasteiger charge is -2.08. The summed E-state index contributed by atoms with van der Waals surface area (Å²) in [5.41, 5.74) is 0.218. The van der Waals surface area contributed by atoms with Crippen LogP contribution in [0, 0.1) is 11.6 Å². The fourth-order valence-electron chi connectivity index (χ4n) is 1.53. The molecule has 0 aliphatic rings. The number of carbonyl (C=O) groups excluding carboxylic acids is 1. The van der Waals surface area contributed by atoms with Gasteiger partial charge in [-0.1, -0.05) is 22.0 Å². The highest BCUT2D eigenvalue weighted by atomic mass is 79.9. The molecule has 1 aromatic carbocycles. The normalized spacial score (nSPS) is 10.3. The van der Waals surface area contributed by atoms with Crippen LogP contribution in [0.2, 0.25) is 0 Å². The summed E-state index contributed by atoms with van der Waals surface area (Å²) < 4.78 is 27.3. The van der Waals surface area contributed by atoms with E-state index < -0.39 is 23.2 Å². The van der Waals surface area contributed by atoms with E-state index >= 15 is 0 Å². The van der Waals surface area contributed by atoms with Crippen LogP contribution in [0.1, 0.15) is 5.56 Å². The van der Waals surface area contributed by atoms with Gasteiger partial charge >= 0.3 is 0 Å². The van der Waals surface area contributed by atoms with Gasteiger partial charge < -0.3 is 5.32 Å². The van der Waals surface area contributed by atoms with Gasteiger partial charge in [-0.3, -0.25) is 9.78 Å². The maximum absolute atomic E-state index is 13.5. The summed E-state index contributed by atoms with van der Waals surface area (Å²) in [5, 5.41) is 2.22. The molecule has 6 heteroatoms. The van der Waals surface area contributed by atoms with Crippen LogP contribution in [0.3, 0.4) is 0 Å². The number of nitrogens with zero attached hydrogens (tertiary/aromatic N) is 1. The molecule has 0 saturated carbocycles. The zero-order valence-corrected chi connectivity index (χ0v) is 11.2. The van der Waals surface area contributed by atoms with Gasteiger partial charge in [0.1, 0.15) is 5.69 Å². The molecule has 0 radical (unpaired) electrons. The van der Waals surface area contributed by atoms with Gasteiger partial charge in [0.25, 0.3) is 0 Å². The molecule has 98 valence electrons. The van der Waals surface area contributed by atoms with Crippen molar-refractivity contribution in [1.29, 1.82) is 0 Å². The SMILES string of the molecule is O=C(Cc1cccnc1)Nc1c(F)cc(Br)cc1F. The van der Waals surface area contributed by atoms with Gasteiger partial charge in [0.15, 0.2) is 11.6 Å². The first-order chi connectivity index (χ1) is 9.06. The summed E-state index contributed by atoms with van der Waals surface area (Å²) in [4.78, 5) is 15.5. The smallest absolute Gasteiger partial charge is 0.229 e. The van der Waals surface area contributed by atoms with Crippen LogP contribution in [-0.2, 0) is 11.2 Å². The Balaban J connectivity index is 2.12. The molecule has 0 aliphatic heterocycles. The van der Waals surface area contributed by atoms with Crippen LogP contribution >= 0.6 is 15.9 Å². The molecule has 1 aromatic heterocycles. The quantitative estimate of drug-likeness (QED) is 0.940. The molecule has 0 unspecified atom stereocenters. The second kappa shape index (κ2) is 5.88. The Hall–Kier alpha value is -1.82. The van der Waals surface area contributed by atoms with Gasteiger partial charge in [0, 0.05) is 16.9 Å². The number of nitrogens with one attached hydrogen (secondary N) is 1. The standard InChI is InChI=1S/C13H9BrF2N2O/c14-9-5-10(15)13(11(16)6-9)18-12(19)4-8-2-1-3-17-7-8/h1-3,5-7H,4H2,(H,18,19). The van der Waals surface area contributed by atoms with Crippen LogP contribution in [0.4, 0.5) is 14.5 Å². The van der Waals surface area contributed by atoms with E-state index in [4.69, 9.17) is 0 Å². The van der Waals surface area contributed by atoms with Crippen molar-refractivity contribution in [2.45, 2.75) is 6.42 Å².